The van der Waals surface area contributed by atoms with Gasteiger partial charge in [0.25, 0.3) is 5.91 Å². The number of amides is 3. The van der Waals surface area contributed by atoms with E-state index >= 15 is 0 Å². The number of nitrogens with zero attached hydrogens (tertiary/aromatic N) is 4. The van der Waals surface area contributed by atoms with Gasteiger partial charge in [0.05, 0.1) is 6.54 Å². The standard InChI is InChI=1S/C21H25FN4O3/c22-17-6-4-15(5-7-17)14-26-19(27)9-8-18(23-26)21(29)25-12-10-24(11-13-25)20(28)16-2-1-3-16/h4-7,16H,1-3,8-14H2. The minimum Gasteiger partial charge on any atom is -0.339 e. The number of carbonyl (C=O) groups excluding carboxylic acids is 3. The molecule has 1 aliphatic carbocycles. The Morgan fingerprint density at radius 3 is 2.28 bits per heavy atom. The van der Waals surface area contributed by atoms with Gasteiger partial charge in [-0.15, -0.1) is 0 Å². The summed E-state index contributed by atoms with van der Waals surface area (Å²) in [5.41, 5.74) is 1.12. The molecule has 4 rings (SSSR count). The van der Waals surface area contributed by atoms with Gasteiger partial charge in [-0.25, -0.2) is 9.40 Å². The molecule has 8 heteroatoms. The molecule has 0 aromatic heterocycles. The van der Waals surface area contributed by atoms with E-state index in [0.717, 1.165) is 24.8 Å². The van der Waals surface area contributed by atoms with Gasteiger partial charge in [0.2, 0.25) is 11.8 Å². The van der Waals surface area contributed by atoms with Gasteiger partial charge in [-0.1, -0.05) is 18.6 Å². The third kappa shape index (κ3) is 4.31. The van der Waals surface area contributed by atoms with E-state index in [9.17, 15) is 18.8 Å². The molecule has 0 atom stereocenters. The van der Waals surface area contributed by atoms with Gasteiger partial charge >= 0.3 is 0 Å². The number of hydrogen-bond acceptors (Lipinski definition) is 4. The van der Waals surface area contributed by atoms with E-state index in [2.05, 4.69) is 5.10 Å². The molecular formula is C21H25FN4O3. The molecule has 7 nitrogen and oxygen atoms in total. The van der Waals surface area contributed by atoms with Crippen molar-refractivity contribution in [3.05, 3.63) is 35.6 Å². The third-order valence-corrected chi connectivity index (χ3v) is 5.93. The first-order valence-electron chi connectivity index (χ1n) is 10.2. The molecule has 2 fully saturated rings. The number of carbonyl (C=O) groups is 3. The Labute approximate surface area is 169 Å². The largest absolute Gasteiger partial charge is 0.339 e. The van der Waals surface area contributed by atoms with Crippen molar-refractivity contribution in [2.75, 3.05) is 26.2 Å². The zero-order valence-corrected chi connectivity index (χ0v) is 16.3. The van der Waals surface area contributed by atoms with E-state index in [4.69, 9.17) is 0 Å². The third-order valence-electron chi connectivity index (χ3n) is 5.93. The van der Waals surface area contributed by atoms with Crippen molar-refractivity contribution >= 4 is 23.4 Å². The van der Waals surface area contributed by atoms with E-state index in [0.29, 0.717) is 38.3 Å². The summed E-state index contributed by atoms with van der Waals surface area (Å²) in [6, 6.07) is 5.88. The Morgan fingerprint density at radius 2 is 1.66 bits per heavy atom. The van der Waals surface area contributed by atoms with Crippen LogP contribution in [0, 0.1) is 11.7 Å². The smallest absolute Gasteiger partial charge is 0.270 e. The molecule has 29 heavy (non-hydrogen) atoms. The van der Waals surface area contributed by atoms with Gasteiger partial charge in [0.15, 0.2) is 0 Å². The number of hydrazone groups is 1. The number of halogens is 1. The van der Waals surface area contributed by atoms with Crippen molar-refractivity contribution in [2.45, 2.75) is 38.6 Å². The van der Waals surface area contributed by atoms with Crippen LogP contribution in [0.25, 0.3) is 0 Å². The topological polar surface area (TPSA) is 73.3 Å². The highest BCUT2D eigenvalue weighted by atomic mass is 19.1. The van der Waals surface area contributed by atoms with E-state index in [1.54, 1.807) is 17.0 Å². The summed E-state index contributed by atoms with van der Waals surface area (Å²) in [6.45, 7) is 2.28. The van der Waals surface area contributed by atoms with Crippen molar-refractivity contribution in [1.29, 1.82) is 0 Å². The second-order valence-corrected chi connectivity index (χ2v) is 7.87. The van der Waals surface area contributed by atoms with E-state index < -0.39 is 0 Å². The van der Waals surface area contributed by atoms with Crippen molar-refractivity contribution in [1.82, 2.24) is 14.8 Å². The summed E-state index contributed by atoms with van der Waals surface area (Å²) in [4.78, 5) is 41.0. The fourth-order valence-corrected chi connectivity index (χ4v) is 3.87. The van der Waals surface area contributed by atoms with Crippen LogP contribution in [0.4, 0.5) is 4.39 Å². The van der Waals surface area contributed by atoms with Crippen molar-refractivity contribution in [3.63, 3.8) is 0 Å². The lowest BCUT2D eigenvalue weighted by molar-refractivity contribution is -0.142. The molecule has 0 N–H and O–H groups in total. The lowest BCUT2D eigenvalue weighted by Crippen LogP contribution is -2.54. The van der Waals surface area contributed by atoms with Crippen LogP contribution < -0.4 is 0 Å². The number of rotatable bonds is 4. The number of piperazine rings is 1. The highest BCUT2D eigenvalue weighted by molar-refractivity contribution is 6.39. The van der Waals surface area contributed by atoms with Crippen LogP contribution in [-0.2, 0) is 20.9 Å². The SMILES string of the molecule is O=C(C1=NN(Cc2ccc(F)cc2)C(=O)CC1)N1CCN(C(=O)C2CCC2)CC1. The molecular weight excluding hydrogens is 375 g/mol. The molecule has 3 amide bonds. The summed E-state index contributed by atoms with van der Waals surface area (Å²) in [5.74, 6) is -0.271. The minimum absolute atomic E-state index is 0.151. The zero-order chi connectivity index (χ0) is 20.4. The second kappa shape index (κ2) is 8.31. The van der Waals surface area contributed by atoms with Gasteiger partial charge in [-0.2, -0.15) is 5.10 Å². The lowest BCUT2D eigenvalue weighted by atomic mass is 9.84. The fraction of sp³-hybridized carbons (Fsp3) is 0.524. The van der Waals surface area contributed by atoms with Crippen LogP contribution in [0.2, 0.25) is 0 Å². The molecule has 0 spiro atoms. The molecule has 1 aromatic rings. The average molecular weight is 400 g/mol. The number of benzene rings is 1. The maximum absolute atomic E-state index is 13.1. The second-order valence-electron chi connectivity index (χ2n) is 7.87. The van der Waals surface area contributed by atoms with Crippen LogP contribution in [0.5, 0.6) is 0 Å². The predicted octanol–water partition coefficient (Wildman–Crippen LogP) is 1.77. The van der Waals surface area contributed by atoms with Crippen molar-refractivity contribution in [3.8, 4) is 0 Å². The molecule has 1 saturated carbocycles. The van der Waals surface area contributed by atoms with Crippen LogP contribution in [0.15, 0.2) is 29.4 Å². The highest BCUT2D eigenvalue weighted by Crippen LogP contribution is 2.28. The Kier molecular flexibility index (Phi) is 5.60. The van der Waals surface area contributed by atoms with Crippen LogP contribution in [-0.4, -0.2) is 64.4 Å². The van der Waals surface area contributed by atoms with Gasteiger partial charge in [-0.05, 0) is 30.5 Å². The first-order chi connectivity index (χ1) is 14.0. The maximum Gasteiger partial charge on any atom is 0.270 e. The quantitative estimate of drug-likeness (QED) is 0.773. The molecule has 0 unspecified atom stereocenters. The highest BCUT2D eigenvalue weighted by Gasteiger charge is 2.34. The first-order valence-corrected chi connectivity index (χ1v) is 10.2. The molecule has 0 bridgehead atoms. The van der Waals surface area contributed by atoms with Gasteiger partial charge in [-0.3, -0.25) is 14.4 Å². The normalized spacial score (nSPS) is 20.4. The zero-order valence-electron chi connectivity index (χ0n) is 16.3. The van der Waals surface area contributed by atoms with E-state index in [1.807, 2.05) is 4.90 Å². The molecule has 154 valence electrons. The van der Waals surface area contributed by atoms with Crippen LogP contribution in [0.3, 0.4) is 0 Å². The summed E-state index contributed by atoms with van der Waals surface area (Å²) < 4.78 is 13.1. The molecule has 2 heterocycles. The van der Waals surface area contributed by atoms with Crippen LogP contribution >= 0.6 is 0 Å². The molecule has 1 aromatic carbocycles. The summed E-state index contributed by atoms with van der Waals surface area (Å²) in [7, 11) is 0. The Hall–Kier alpha value is -2.77. The van der Waals surface area contributed by atoms with Crippen molar-refractivity contribution in [2.24, 2.45) is 11.0 Å². The van der Waals surface area contributed by atoms with E-state index in [1.165, 1.54) is 17.1 Å². The van der Waals surface area contributed by atoms with E-state index in [-0.39, 0.29) is 42.4 Å². The fourth-order valence-electron chi connectivity index (χ4n) is 3.87. The molecule has 2 aliphatic heterocycles. The lowest BCUT2D eigenvalue weighted by Gasteiger charge is -2.38. The molecule has 1 saturated heterocycles. The number of hydrogen-bond donors (Lipinski definition) is 0. The van der Waals surface area contributed by atoms with Gasteiger partial charge < -0.3 is 9.80 Å². The first kappa shape index (κ1) is 19.5. The Morgan fingerprint density at radius 1 is 1.00 bits per heavy atom. The molecule has 3 aliphatic rings. The average Bonchev–Trinajstić information content (AvgIpc) is 2.69. The van der Waals surface area contributed by atoms with Gasteiger partial charge in [0, 0.05) is 44.9 Å². The van der Waals surface area contributed by atoms with Crippen molar-refractivity contribution < 1.29 is 18.8 Å². The van der Waals surface area contributed by atoms with Gasteiger partial charge in [0.1, 0.15) is 11.5 Å². The molecule has 0 radical (unpaired) electrons. The predicted molar refractivity (Wildman–Crippen MR) is 104 cm³/mol. The van der Waals surface area contributed by atoms with Crippen LogP contribution in [0.1, 0.15) is 37.7 Å². The minimum atomic E-state index is -0.340. The maximum atomic E-state index is 13.1. The summed E-state index contributed by atoms with van der Waals surface area (Å²) in [6.07, 6.45) is 3.63. The monoisotopic (exact) mass is 400 g/mol. The summed E-state index contributed by atoms with van der Waals surface area (Å²) >= 11 is 0. The summed E-state index contributed by atoms with van der Waals surface area (Å²) in [5, 5.41) is 5.59. The Balaban J connectivity index is 1.36. The Bertz CT molecular complexity index is 827.